The van der Waals surface area contributed by atoms with Crippen LogP contribution in [0.25, 0.3) is 0 Å². The highest BCUT2D eigenvalue weighted by atomic mass is 16.5. The van der Waals surface area contributed by atoms with Crippen molar-refractivity contribution >= 4 is 11.9 Å². The molecule has 2 unspecified atom stereocenters. The zero-order valence-corrected chi connectivity index (χ0v) is 25.1. The molecule has 0 rings (SSSR count). The first-order valence-electron chi connectivity index (χ1n) is 15.7. The molecule has 0 fully saturated rings. The average molecular weight is 511 g/mol. The molecule has 36 heavy (non-hydrogen) atoms. The van der Waals surface area contributed by atoms with E-state index in [9.17, 15) is 9.59 Å². The summed E-state index contributed by atoms with van der Waals surface area (Å²) in [7, 11) is 0. The summed E-state index contributed by atoms with van der Waals surface area (Å²) >= 11 is 0. The summed E-state index contributed by atoms with van der Waals surface area (Å²) in [4.78, 5) is 24.7. The van der Waals surface area contributed by atoms with Crippen molar-refractivity contribution < 1.29 is 19.1 Å². The van der Waals surface area contributed by atoms with E-state index in [2.05, 4.69) is 41.5 Å². The number of carbonyl (C=O) groups is 2. The van der Waals surface area contributed by atoms with E-state index in [4.69, 9.17) is 9.47 Å². The van der Waals surface area contributed by atoms with E-state index in [1.165, 1.54) is 64.2 Å². The van der Waals surface area contributed by atoms with Gasteiger partial charge in [-0.05, 0) is 43.4 Å². The number of esters is 2. The van der Waals surface area contributed by atoms with Crippen molar-refractivity contribution in [3.8, 4) is 0 Å². The predicted molar refractivity (Wildman–Crippen MR) is 153 cm³/mol. The normalized spacial score (nSPS) is 13.2. The lowest BCUT2D eigenvalue weighted by Gasteiger charge is -2.31. The van der Waals surface area contributed by atoms with Gasteiger partial charge >= 0.3 is 11.9 Å². The van der Waals surface area contributed by atoms with Crippen LogP contribution in [0.3, 0.4) is 0 Å². The summed E-state index contributed by atoms with van der Waals surface area (Å²) in [6.45, 7) is 14.4. The second kappa shape index (κ2) is 24.3. The van der Waals surface area contributed by atoms with Gasteiger partial charge in [0.25, 0.3) is 0 Å². The molecule has 0 aliphatic carbocycles. The third-order valence-corrected chi connectivity index (χ3v) is 7.48. The Morgan fingerprint density at radius 1 is 0.556 bits per heavy atom. The smallest absolute Gasteiger partial charge is 0.309 e. The first kappa shape index (κ1) is 34.9. The van der Waals surface area contributed by atoms with Crippen molar-refractivity contribution in [3.05, 3.63) is 0 Å². The van der Waals surface area contributed by atoms with Gasteiger partial charge in [-0.15, -0.1) is 0 Å². The SMILES string of the molecule is CCCCCCOC(=O)CCCCCCCCCCC(C(C)C)C(C(=O)OCCCCCC)C(C)C. The van der Waals surface area contributed by atoms with Gasteiger partial charge in [0.05, 0.1) is 19.1 Å². The van der Waals surface area contributed by atoms with Gasteiger partial charge in [-0.25, -0.2) is 0 Å². The third-order valence-electron chi connectivity index (χ3n) is 7.48. The molecule has 4 nitrogen and oxygen atoms in total. The van der Waals surface area contributed by atoms with E-state index < -0.39 is 0 Å². The van der Waals surface area contributed by atoms with Crippen molar-refractivity contribution in [1.82, 2.24) is 0 Å². The minimum atomic E-state index is -0.0220. The van der Waals surface area contributed by atoms with Crippen molar-refractivity contribution in [2.45, 2.75) is 157 Å². The summed E-state index contributed by atoms with van der Waals surface area (Å²) in [5.74, 6) is 1.23. The van der Waals surface area contributed by atoms with Gasteiger partial charge in [0.15, 0.2) is 0 Å². The quantitative estimate of drug-likeness (QED) is 0.0906. The van der Waals surface area contributed by atoms with Crippen molar-refractivity contribution in [2.75, 3.05) is 13.2 Å². The van der Waals surface area contributed by atoms with Crippen LogP contribution >= 0.6 is 0 Å². The van der Waals surface area contributed by atoms with E-state index >= 15 is 0 Å². The fourth-order valence-corrected chi connectivity index (χ4v) is 5.16. The molecule has 0 heterocycles. The lowest BCUT2D eigenvalue weighted by atomic mass is 9.74. The number of carbonyl (C=O) groups excluding carboxylic acids is 2. The fraction of sp³-hybridized carbons (Fsp3) is 0.938. The van der Waals surface area contributed by atoms with Crippen LogP contribution in [0.15, 0.2) is 0 Å². The molecule has 0 saturated heterocycles. The summed E-state index contributed by atoms with van der Waals surface area (Å²) in [5.41, 5.74) is 0. The molecule has 2 atom stereocenters. The van der Waals surface area contributed by atoms with Crippen LogP contribution in [0.2, 0.25) is 0 Å². The Hall–Kier alpha value is -1.06. The van der Waals surface area contributed by atoms with Crippen molar-refractivity contribution in [2.24, 2.45) is 23.7 Å². The molecule has 0 amide bonds. The summed E-state index contributed by atoms with van der Waals surface area (Å²) in [5, 5.41) is 0. The number of rotatable bonds is 25. The van der Waals surface area contributed by atoms with Crippen LogP contribution in [0.1, 0.15) is 157 Å². The Labute approximate surface area is 225 Å². The molecule has 0 aromatic heterocycles. The second-order valence-electron chi connectivity index (χ2n) is 11.6. The summed E-state index contributed by atoms with van der Waals surface area (Å²) < 4.78 is 11.0. The maximum atomic E-state index is 12.9. The molecule has 0 radical (unpaired) electrons. The van der Waals surface area contributed by atoms with Crippen molar-refractivity contribution in [3.63, 3.8) is 0 Å². The standard InChI is InChI=1S/C32H62O4/c1-7-9-11-21-25-35-30(33)24-20-18-16-14-13-15-17-19-23-29(27(3)4)31(28(5)6)32(34)36-26-22-12-10-8-2/h27-29,31H,7-26H2,1-6H3. The highest BCUT2D eigenvalue weighted by Gasteiger charge is 2.33. The van der Waals surface area contributed by atoms with E-state index in [0.29, 0.717) is 37.4 Å². The summed E-state index contributed by atoms with van der Waals surface area (Å²) in [6.07, 6.45) is 20.3. The first-order valence-corrected chi connectivity index (χ1v) is 15.7. The predicted octanol–water partition coefficient (Wildman–Crippen LogP) is 9.68. The monoisotopic (exact) mass is 510 g/mol. The van der Waals surface area contributed by atoms with Crippen LogP contribution in [0, 0.1) is 23.7 Å². The van der Waals surface area contributed by atoms with Crippen LogP contribution in [-0.4, -0.2) is 25.2 Å². The van der Waals surface area contributed by atoms with Crippen LogP contribution in [0.4, 0.5) is 0 Å². The van der Waals surface area contributed by atoms with Gasteiger partial charge < -0.3 is 9.47 Å². The zero-order valence-electron chi connectivity index (χ0n) is 25.1. The molecule has 0 aromatic carbocycles. The Morgan fingerprint density at radius 3 is 1.53 bits per heavy atom. The largest absolute Gasteiger partial charge is 0.466 e. The Balaban J connectivity index is 3.99. The molecule has 0 bridgehead atoms. The molecule has 0 spiro atoms. The molecule has 4 heteroatoms. The molecule has 0 aliphatic rings. The van der Waals surface area contributed by atoms with Gasteiger partial charge in [-0.1, -0.05) is 125 Å². The maximum Gasteiger partial charge on any atom is 0.309 e. The topological polar surface area (TPSA) is 52.6 Å². The van der Waals surface area contributed by atoms with Crippen LogP contribution in [-0.2, 0) is 19.1 Å². The van der Waals surface area contributed by atoms with E-state index in [1.54, 1.807) is 0 Å². The van der Waals surface area contributed by atoms with Crippen LogP contribution < -0.4 is 0 Å². The van der Waals surface area contributed by atoms with E-state index in [1.807, 2.05) is 0 Å². The van der Waals surface area contributed by atoms with E-state index in [-0.39, 0.29) is 17.9 Å². The maximum absolute atomic E-state index is 12.9. The fourth-order valence-electron chi connectivity index (χ4n) is 5.16. The molecule has 0 saturated carbocycles. The lowest BCUT2D eigenvalue weighted by Crippen LogP contribution is -2.33. The molecule has 0 aliphatic heterocycles. The number of ether oxygens (including phenoxy) is 2. The Kier molecular flexibility index (Phi) is 23.6. The first-order chi connectivity index (χ1) is 17.3. The van der Waals surface area contributed by atoms with Gasteiger partial charge in [-0.3, -0.25) is 9.59 Å². The molecular weight excluding hydrogens is 448 g/mol. The second-order valence-corrected chi connectivity index (χ2v) is 11.6. The highest BCUT2D eigenvalue weighted by Crippen LogP contribution is 2.33. The molecular formula is C32H62O4. The Morgan fingerprint density at radius 2 is 1.03 bits per heavy atom. The summed E-state index contributed by atoms with van der Waals surface area (Å²) in [6, 6.07) is 0. The van der Waals surface area contributed by atoms with Crippen molar-refractivity contribution in [1.29, 1.82) is 0 Å². The number of hydrogen-bond acceptors (Lipinski definition) is 4. The van der Waals surface area contributed by atoms with Crippen LogP contribution in [0.5, 0.6) is 0 Å². The van der Waals surface area contributed by atoms with Gasteiger partial charge in [0, 0.05) is 6.42 Å². The van der Waals surface area contributed by atoms with Gasteiger partial charge in [0.2, 0.25) is 0 Å². The van der Waals surface area contributed by atoms with Gasteiger partial charge in [0.1, 0.15) is 0 Å². The highest BCUT2D eigenvalue weighted by molar-refractivity contribution is 5.73. The number of hydrogen-bond donors (Lipinski definition) is 0. The molecule has 0 N–H and O–H groups in total. The van der Waals surface area contributed by atoms with E-state index in [0.717, 1.165) is 44.9 Å². The minimum Gasteiger partial charge on any atom is -0.466 e. The lowest BCUT2D eigenvalue weighted by molar-refractivity contribution is -0.153. The number of unbranched alkanes of at least 4 members (excludes halogenated alkanes) is 13. The van der Waals surface area contributed by atoms with Gasteiger partial charge in [-0.2, -0.15) is 0 Å². The zero-order chi connectivity index (χ0) is 27.0. The average Bonchev–Trinajstić information content (AvgIpc) is 2.83. The molecule has 214 valence electrons. The minimum absolute atomic E-state index is 0.0132. The molecule has 0 aromatic rings. The Bertz CT molecular complexity index is 514. The third kappa shape index (κ3) is 19.1.